The summed E-state index contributed by atoms with van der Waals surface area (Å²) < 4.78 is 0. The second-order valence-corrected chi connectivity index (χ2v) is 4.61. The van der Waals surface area contributed by atoms with E-state index < -0.39 is 0 Å². The fourth-order valence-corrected chi connectivity index (χ4v) is 1.33. The van der Waals surface area contributed by atoms with Crippen molar-refractivity contribution in [3.63, 3.8) is 0 Å². The predicted molar refractivity (Wildman–Crippen MR) is 65.7 cm³/mol. The minimum Gasteiger partial charge on any atom is -0.508 e. The Morgan fingerprint density at radius 1 is 1.19 bits per heavy atom. The van der Waals surface area contributed by atoms with Crippen LogP contribution in [-0.2, 0) is 4.79 Å². The summed E-state index contributed by atoms with van der Waals surface area (Å²) in [7, 11) is 0. The summed E-state index contributed by atoms with van der Waals surface area (Å²) in [6.45, 7) is 7.76. The smallest absolute Gasteiger partial charge is 0.226 e. The summed E-state index contributed by atoms with van der Waals surface area (Å²) >= 11 is 0. The van der Waals surface area contributed by atoms with Gasteiger partial charge in [0.1, 0.15) is 5.75 Å². The quantitative estimate of drug-likeness (QED) is 0.824. The van der Waals surface area contributed by atoms with Gasteiger partial charge >= 0.3 is 0 Å². The lowest BCUT2D eigenvalue weighted by Crippen LogP contribution is -2.17. The molecule has 0 radical (unpaired) electrons. The molecule has 1 rings (SSSR count). The predicted octanol–water partition coefficient (Wildman–Crippen LogP) is 3.11. The number of hydrogen-bond acceptors (Lipinski definition) is 2. The third kappa shape index (κ3) is 3.26. The van der Waals surface area contributed by atoms with Gasteiger partial charge in [-0.2, -0.15) is 0 Å². The minimum atomic E-state index is -0.0650. The van der Waals surface area contributed by atoms with Crippen molar-refractivity contribution in [1.82, 2.24) is 0 Å². The van der Waals surface area contributed by atoms with Gasteiger partial charge in [0.15, 0.2) is 0 Å². The molecule has 1 aromatic carbocycles. The fraction of sp³-hybridized carbons (Fsp3) is 0.462. The summed E-state index contributed by atoms with van der Waals surface area (Å²) in [5.41, 5.74) is 1.67. The standard InChI is InChI=1S/C13H19NO2/c1-8(2)10-5-11(7-12(15)6-10)14-13(16)9(3)4/h5-9,15H,1-4H3,(H,14,16). The first kappa shape index (κ1) is 12.6. The van der Waals surface area contributed by atoms with Gasteiger partial charge in [-0.15, -0.1) is 0 Å². The first-order valence-electron chi connectivity index (χ1n) is 5.55. The molecule has 0 unspecified atom stereocenters. The maximum Gasteiger partial charge on any atom is 0.226 e. The number of amides is 1. The molecule has 0 aliphatic carbocycles. The van der Waals surface area contributed by atoms with E-state index in [0.717, 1.165) is 5.56 Å². The second kappa shape index (κ2) is 5.01. The topological polar surface area (TPSA) is 49.3 Å². The molecule has 0 saturated heterocycles. The molecule has 0 atom stereocenters. The maximum atomic E-state index is 11.5. The number of rotatable bonds is 3. The SMILES string of the molecule is CC(C)C(=O)Nc1cc(O)cc(C(C)C)c1. The Morgan fingerprint density at radius 3 is 2.31 bits per heavy atom. The van der Waals surface area contributed by atoms with Crippen LogP contribution in [0.1, 0.15) is 39.2 Å². The van der Waals surface area contributed by atoms with Crippen LogP contribution in [0, 0.1) is 5.92 Å². The van der Waals surface area contributed by atoms with Crippen LogP contribution in [0.2, 0.25) is 0 Å². The minimum absolute atomic E-state index is 0.0414. The molecule has 0 bridgehead atoms. The molecule has 0 aliphatic heterocycles. The molecular formula is C13H19NO2. The van der Waals surface area contributed by atoms with E-state index >= 15 is 0 Å². The van der Waals surface area contributed by atoms with E-state index in [-0.39, 0.29) is 17.6 Å². The number of hydrogen-bond donors (Lipinski definition) is 2. The number of aromatic hydroxyl groups is 1. The Labute approximate surface area is 96.5 Å². The van der Waals surface area contributed by atoms with Gasteiger partial charge in [-0.05, 0) is 23.6 Å². The Hall–Kier alpha value is -1.51. The molecule has 0 spiro atoms. The van der Waals surface area contributed by atoms with Gasteiger partial charge in [-0.3, -0.25) is 4.79 Å². The third-order valence-corrected chi connectivity index (χ3v) is 2.40. The van der Waals surface area contributed by atoms with Gasteiger partial charge < -0.3 is 10.4 Å². The van der Waals surface area contributed by atoms with Crippen molar-refractivity contribution in [2.75, 3.05) is 5.32 Å². The van der Waals surface area contributed by atoms with Gasteiger partial charge in [-0.1, -0.05) is 27.7 Å². The van der Waals surface area contributed by atoms with Crippen molar-refractivity contribution in [3.05, 3.63) is 23.8 Å². The molecule has 3 heteroatoms. The van der Waals surface area contributed by atoms with E-state index in [2.05, 4.69) is 5.32 Å². The summed E-state index contributed by atoms with van der Waals surface area (Å²) in [5, 5.41) is 12.3. The molecule has 1 amide bonds. The molecule has 16 heavy (non-hydrogen) atoms. The van der Waals surface area contributed by atoms with Crippen LogP contribution in [0.4, 0.5) is 5.69 Å². The molecule has 0 saturated carbocycles. The Morgan fingerprint density at radius 2 is 1.81 bits per heavy atom. The van der Waals surface area contributed by atoms with Gasteiger partial charge in [0, 0.05) is 17.7 Å². The van der Waals surface area contributed by atoms with Crippen molar-refractivity contribution >= 4 is 11.6 Å². The van der Waals surface area contributed by atoms with Crippen LogP contribution in [-0.4, -0.2) is 11.0 Å². The first-order valence-corrected chi connectivity index (χ1v) is 5.55. The lowest BCUT2D eigenvalue weighted by molar-refractivity contribution is -0.118. The van der Waals surface area contributed by atoms with Crippen LogP contribution < -0.4 is 5.32 Å². The summed E-state index contributed by atoms with van der Waals surface area (Å²) in [6, 6.07) is 5.17. The lowest BCUT2D eigenvalue weighted by Gasteiger charge is -2.12. The van der Waals surface area contributed by atoms with E-state index in [0.29, 0.717) is 11.6 Å². The Balaban J connectivity index is 2.92. The zero-order valence-electron chi connectivity index (χ0n) is 10.2. The molecule has 0 fully saturated rings. The Kier molecular flexibility index (Phi) is 3.93. The first-order chi connectivity index (χ1) is 7.40. The van der Waals surface area contributed by atoms with Crippen molar-refractivity contribution in [2.24, 2.45) is 5.92 Å². The van der Waals surface area contributed by atoms with Gasteiger partial charge in [0.2, 0.25) is 5.91 Å². The van der Waals surface area contributed by atoms with E-state index in [9.17, 15) is 9.90 Å². The monoisotopic (exact) mass is 221 g/mol. The highest BCUT2D eigenvalue weighted by molar-refractivity contribution is 5.92. The molecule has 0 heterocycles. The van der Waals surface area contributed by atoms with Crippen LogP contribution in [0.25, 0.3) is 0 Å². The average Bonchev–Trinajstić information content (AvgIpc) is 2.16. The highest BCUT2D eigenvalue weighted by Gasteiger charge is 2.09. The maximum absolute atomic E-state index is 11.5. The number of nitrogens with one attached hydrogen (secondary N) is 1. The number of carbonyl (C=O) groups is 1. The van der Waals surface area contributed by atoms with E-state index in [1.54, 1.807) is 12.1 Å². The normalized spacial score (nSPS) is 10.9. The van der Waals surface area contributed by atoms with Crippen LogP contribution >= 0.6 is 0 Å². The van der Waals surface area contributed by atoms with Gasteiger partial charge in [0.05, 0.1) is 0 Å². The van der Waals surface area contributed by atoms with E-state index in [1.807, 2.05) is 33.8 Å². The number of phenols is 1. The molecule has 0 aromatic heterocycles. The molecule has 88 valence electrons. The number of benzene rings is 1. The van der Waals surface area contributed by atoms with Crippen molar-refractivity contribution in [2.45, 2.75) is 33.6 Å². The average molecular weight is 221 g/mol. The zero-order valence-corrected chi connectivity index (χ0v) is 10.2. The number of anilines is 1. The number of phenolic OH excluding ortho intramolecular Hbond substituents is 1. The van der Waals surface area contributed by atoms with E-state index in [4.69, 9.17) is 0 Å². The van der Waals surface area contributed by atoms with E-state index in [1.165, 1.54) is 0 Å². The lowest BCUT2D eigenvalue weighted by atomic mass is 10.0. The molecule has 2 N–H and O–H groups in total. The van der Waals surface area contributed by atoms with Crippen molar-refractivity contribution < 1.29 is 9.90 Å². The van der Waals surface area contributed by atoms with Crippen LogP contribution in [0.5, 0.6) is 5.75 Å². The van der Waals surface area contributed by atoms with Crippen LogP contribution in [0.15, 0.2) is 18.2 Å². The molecule has 0 aliphatic rings. The summed E-state index contributed by atoms with van der Waals surface area (Å²) in [4.78, 5) is 11.5. The van der Waals surface area contributed by atoms with Gasteiger partial charge in [-0.25, -0.2) is 0 Å². The van der Waals surface area contributed by atoms with Crippen molar-refractivity contribution in [3.8, 4) is 5.75 Å². The second-order valence-electron chi connectivity index (χ2n) is 4.61. The van der Waals surface area contributed by atoms with Gasteiger partial charge in [0.25, 0.3) is 0 Å². The summed E-state index contributed by atoms with van der Waals surface area (Å²) in [5.74, 6) is 0.400. The fourth-order valence-electron chi connectivity index (χ4n) is 1.33. The highest BCUT2D eigenvalue weighted by atomic mass is 16.3. The molecule has 1 aromatic rings. The third-order valence-electron chi connectivity index (χ3n) is 2.40. The zero-order chi connectivity index (χ0) is 12.3. The largest absolute Gasteiger partial charge is 0.508 e. The molecular weight excluding hydrogens is 202 g/mol. The van der Waals surface area contributed by atoms with Crippen LogP contribution in [0.3, 0.4) is 0 Å². The number of carbonyl (C=O) groups excluding carboxylic acids is 1. The van der Waals surface area contributed by atoms with Crippen molar-refractivity contribution in [1.29, 1.82) is 0 Å². The highest BCUT2D eigenvalue weighted by Crippen LogP contribution is 2.25. The summed E-state index contributed by atoms with van der Waals surface area (Å²) in [6.07, 6.45) is 0. The Bertz CT molecular complexity index is 384. The molecule has 3 nitrogen and oxygen atoms in total.